The number of carbonyl (C=O) groups excluding carboxylic acids is 1. The van der Waals surface area contributed by atoms with Gasteiger partial charge in [0.15, 0.2) is 0 Å². The molecule has 2 heterocycles. The van der Waals surface area contributed by atoms with Crippen LogP contribution in [-0.4, -0.2) is 39.9 Å². The molecule has 1 fully saturated rings. The second kappa shape index (κ2) is 5.99. The van der Waals surface area contributed by atoms with Gasteiger partial charge in [-0.1, -0.05) is 13.8 Å². The normalized spacial score (nSPS) is 18.9. The van der Waals surface area contributed by atoms with Crippen LogP contribution in [0.4, 0.5) is 5.82 Å². The summed E-state index contributed by atoms with van der Waals surface area (Å²) in [5.74, 6) is 1.15. The maximum Gasteiger partial charge on any atom is 0.274 e. The number of anilines is 1. The van der Waals surface area contributed by atoms with E-state index in [0.717, 1.165) is 25.9 Å². The van der Waals surface area contributed by atoms with E-state index in [4.69, 9.17) is 0 Å². The zero-order valence-electron chi connectivity index (χ0n) is 11.9. The first kappa shape index (κ1) is 13.8. The third-order valence-corrected chi connectivity index (χ3v) is 3.54. The molecule has 1 aliphatic heterocycles. The zero-order chi connectivity index (χ0) is 13.8. The van der Waals surface area contributed by atoms with E-state index in [1.165, 1.54) is 0 Å². The number of hydrogen-bond acceptors (Lipinski definition) is 4. The van der Waals surface area contributed by atoms with Gasteiger partial charge in [-0.3, -0.25) is 9.78 Å². The van der Waals surface area contributed by atoms with Gasteiger partial charge in [0.05, 0.1) is 12.4 Å². The largest absolute Gasteiger partial charge is 0.369 e. The van der Waals surface area contributed by atoms with Gasteiger partial charge in [0.2, 0.25) is 0 Å². The Morgan fingerprint density at radius 2 is 2.32 bits per heavy atom. The molecular weight excluding hydrogens is 240 g/mol. The Morgan fingerprint density at radius 1 is 1.53 bits per heavy atom. The highest BCUT2D eigenvalue weighted by Crippen LogP contribution is 2.25. The van der Waals surface area contributed by atoms with Gasteiger partial charge in [-0.05, 0) is 25.7 Å². The van der Waals surface area contributed by atoms with Crippen LogP contribution in [0.3, 0.4) is 0 Å². The van der Waals surface area contributed by atoms with Crippen molar-refractivity contribution in [1.29, 1.82) is 0 Å². The molecule has 0 saturated carbocycles. The van der Waals surface area contributed by atoms with Crippen LogP contribution in [0.1, 0.15) is 44.1 Å². The van der Waals surface area contributed by atoms with Gasteiger partial charge in [0, 0.05) is 19.1 Å². The zero-order valence-corrected chi connectivity index (χ0v) is 11.9. The first-order chi connectivity index (χ1) is 9.13. The number of likely N-dealkylation sites (tertiary alicyclic amines) is 1. The summed E-state index contributed by atoms with van der Waals surface area (Å²) in [6.07, 6.45) is 5.36. The molecule has 1 aromatic rings. The Kier molecular flexibility index (Phi) is 4.35. The molecule has 2 rings (SSSR count). The molecule has 0 bridgehead atoms. The van der Waals surface area contributed by atoms with Crippen LogP contribution in [0.25, 0.3) is 0 Å². The first-order valence-corrected chi connectivity index (χ1v) is 7.00. The van der Waals surface area contributed by atoms with Crippen molar-refractivity contribution in [3.63, 3.8) is 0 Å². The summed E-state index contributed by atoms with van der Waals surface area (Å²) in [5.41, 5.74) is 0.436. The highest BCUT2D eigenvalue weighted by molar-refractivity contribution is 5.92. The van der Waals surface area contributed by atoms with Crippen LogP contribution in [0, 0.1) is 5.92 Å². The smallest absolute Gasteiger partial charge is 0.274 e. The minimum Gasteiger partial charge on any atom is -0.369 e. The molecule has 1 N–H and O–H groups in total. The van der Waals surface area contributed by atoms with E-state index in [1.807, 2.05) is 11.8 Å². The van der Waals surface area contributed by atoms with Gasteiger partial charge < -0.3 is 10.2 Å². The SMILES string of the molecule is CCNc1cncc(C(=O)N2CCCC2C(C)C)n1. The van der Waals surface area contributed by atoms with Gasteiger partial charge in [0.25, 0.3) is 5.91 Å². The van der Waals surface area contributed by atoms with E-state index < -0.39 is 0 Å². The number of amides is 1. The van der Waals surface area contributed by atoms with Crippen molar-refractivity contribution in [1.82, 2.24) is 14.9 Å². The van der Waals surface area contributed by atoms with E-state index in [9.17, 15) is 4.79 Å². The quantitative estimate of drug-likeness (QED) is 0.903. The van der Waals surface area contributed by atoms with Crippen LogP contribution in [-0.2, 0) is 0 Å². The van der Waals surface area contributed by atoms with Crippen molar-refractivity contribution in [3.8, 4) is 0 Å². The van der Waals surface area contributed by atoms with E-state index in [1.54, 1.807) is 12.4 Å². The fourth-order valence-electron chi connectivity index (χ4n) is 2.62. The average Bonchev–Trinajstić information content (AvgIpc) is 2.88. The predicted molar refractivity (Wildman–Crippen MR) is 75.1 cm³/mol. The van der Waals surface area contributed by atoms with Gasteiger partial charge in [0.1, 0.15) is 11.5 Å². The van der Waals surface area contributed by atoms with Crippen LogP contribution < -0.4 is 5.32 Å². The molecule has 1 saturated heterocycles. The molecule has 0 aliphatic carbocycles. The summed E-state index contributed by atoms with van der Waals surface area (Å²) in [6.45, 7) is 7.92. The van der Waals surface area contributed by atoms with Crippen LogP contribution >= 0.6 is 0 Å². The summed E-state index contributed by atoms with van der Waals surface area (Å²) in [6, 6.07) is 0.331. The number of nitrogens with one attached hydrogen (secondary N) is 1. The molecular formula is C14H22N4O. The molecule has 19 heavy (non-hydrogen) atoms. The molecule has 1 unspecified atom stereocenters. The summed E-state index contributed by atoms with van der Waals surface area (Å²) in [5, 5.41) is 3.08. The summed E-state index contributed by atoms with van der Waals surface area (Å²) in [7, 11) is 0. The van der Waals surface area contributed by atoms with Gasteiger partial charge in [-0.25, -0.2) is 4.98 Å². The van der Waals surface area contributed by atoms with Crippen molar-refractivity contribution in [2.45, 2.75) is 39.7 Å². The fraction of sp³-hybridized carbons (Fsp3) is 0.643. The third kappa shape index (κ3) is 3.03. The van der Waals surface area contributed by atoms with E-state index >= 15 is 0 Å². The predicted octanol–water partition coefficient (Wildman–Crippen LogP) is 2.17. The Morgan fingerprint density at radius 3 is 3.00 bits per heavy atom. The van der Waals surface area contributed by atoms with Crippen LogP contribution in [0.2, 0.25) is 0 Å². The highest BCUT2D eigenvalue weighted by atomic mass is 16.2. The van der Waals surface area contributed by atoms with Crippen molar-refractivity contribution in [3.05, 3.63) is 18.1 Å². The first-order valence-electron chi connectivity index (χ1n) is 7.00. The number of aromatic nitrogens is 2. The van der Waals surface area contributed by atoms with Crippen molar-refractivity contribution in [2.75, 3.05) is 18.4 Å². The lowest BCUT2D eigenvalue weighted by molar-refractivity contribution is 0.0695. The Balaban J connectivity index is 2.16. The molecule has 104 valence electrons. The maximum absolute atomic E-state index is 12.5. The number of nitrogens with zero attached hydrogens (tertiary/aromatic N) is 3. The van der Waals surface area contributed by atoms with E-state index in [2.05, 4.69) is 29.1 Å². The lowest BCUT2D eigenvalue weighted by Crippen LogP contribution is -2.39. The monoisotopic (exact) mass is 262 g/mol. The average molecular weight is 262 g/mol. The van der Waals surface area contributed by atoms with Crippen LogP contribution in [0.5, 0.6) is 0 Å². The second-order valence-corrected chi connectivity index (χ2v) is 5.27. The molecule has 1 atom stereocenters. The summed E-state index contributed by atoms with van der Waals surface area (Å²) >= 11 is 0. The molecule has 5 heteroatoms. The number of carbonyl (C=O) groups is 1. The highest BCUT2D eigenvalue weighted by Gasteiger charge is 2.32. The van der Waals surface area contributed by atoms with Crippen LogP contribution in [0.15, 0.2) is 12.4 Å². The van der Waals surface area contributed by atoms with Crippen molar-refractivity contribution >= 4 is 11.7 Å². The van der Waals surface area contributed by atoms with Gasteiger partial charge in [-0.2, -0.15) is 0 Å². The number of rotatable bonds is 4. The third-order valence-electron chi connectivity index (χ3n) is 3.54. The Bertz CT molecular complexity index is 447. The minimum atomic E-state index is 0.00320. The lowest BCUT2D eigenvalue weighted by Gasteiger charge is -2.27. The van der Waals surface area contributed by atoms with Crippen molar-refractivity contribution in [2.24, 2.45) is 5.92 Å². The maximum atomic E-state index is 12.5. The summed E-state index contributed by atoms with van der Waals surface area (Å²) in [4.78, 5) is 22.9. The molecule has 1 aromatic heterocycles. The lowest BCUT2D eigenvalue weighted by atomic mass is 10.0. The van der Waals surface area contributed by atoms with Gasteiger partial charge in [-0.15, -0.1) is 0 Å². The molecule has 0 aromatic carbocycles. The molecule has 0 radical (unpaired) electrons. The molecule has 5 nitrogen and oxygen atoms in total. The van der Waals surface area contributed by atoms with E-state index in [-0.39, 0.29) is 5.91 Å². The Labute approximate surface area is 114 Å². The Hall–Kier alpha value is -1.65. The fourth-order valence-corrected chi connectivity index (χ4v) is 2.62. The topological polar surface area (TPSA) is 58.1 Å². The van der Waals surface area contributed by atoms with E-state index in [0.29, 0.717) is 23.5 Å². The molecule has 0 spiro atoms. The standard InChI is InChI=1S/C14H22N4O/c1-4-16-13-9-15-8-11(17-13)14(19)18-7-5-6-12(18)10(2)3/h8-10,12H,4-7H2,1-3H3,(H,16,17). The van der Waals surface area contributed by atoms with Gasteiger partial charge >= 0.3 is 0 Å². The second-order valence-electron chi connectivity index (χ2n) is 5.27. The molecule has 1 amide bonds. The molecule has 1 aliphatic rings. The van der Waals surface area contributed by atoms with Crippen molar-refractivity contribution < 1.29 is 4.79 Å². The summed E-state index contributed by atoms with van der Waals surface area (Å²) < 4.78 is 0. The number of hydrogen-bond donors (Lipinski definition) is 1. The minimum absolute atomic E-state index is 0.00320.